The molecule has 1 N–H and O–H groups in total. The molecule has 1 heterocycles. The zero-order valence-electron chi connectivity index (χ0n) is 13.7. The van der Waals surface area contributed by atoms with Crippen LogP contribution in [0.15, 0.2) is 41.3 Å². The molecular weight excluding hydrogens is 417 g/mol. The number of benzene rings is 2. The summed E-state index contributed by atoms with van der Waals surface area (Å²) in [5.74, 6) is -0.424. The summed E-state index contributed by atoms with van der Waals surface area (Å²) in [6.45, 7) is 0. The lowest BCUT2D eigenvalue weighted by Gasteiger charge is -2.10. The molecule has 0 saturated heterocycles. The van der Waals surface area contributed by atoms with Crippen molar-refractivity contribution < 1.29 is 13.2 Å². The number of carbonyl (C=O) groups is 1. The monoisotopic (exact) mass is 429 g/mol. The molecule has 1 aromatic heterocycles. The Hall–Kier alpha value is -1.71. The molecule has 6 nitrogen and oxygen atoms in total. The molecule has 136 valence electrons. The minimum Gasteiger partial charge on any atom is -0.298 e. The number of fused-ring (bicyclic) bond motifs is 1. The maximum atomic E-state index is 12.4. The Balaban J connectivity index is 1.91. The van der Waals surface area contributed by atoms with Crippen LogP contribution in [0.25, 0.3) is 10.2 Å². The van der Waals surface area contributed by atoms with Gasteiger partial charge in [-0.2, -0.15) is 0 Å². The molecule has 1 amide bonds. The van der Waals surface area contributed by atoms with Crippen LogP contribution in [0.1, 0.15) is 10.4 Å². The second kappa shape index (κ2) is 7.13. The predicted molar refractivity (Wildman–Crippen MR) is 105 cm³/mol. The van der Waals surface area contributed by atoms with Crippen molar-refractivity contribution in [3.05, 3.63) is 52.0 Å². The van der Waals surface area contributed by atoms with E-state index in [1.165, 1.54) is 49.7 Å². The third-order valence-corrected chi connectivity index (χ3v) is 6.83. The SMILES string of the molecule is CN(C)S(=O)(=O)c1ccc2nc(NC(=O)c3ccc(Cl)cc3Cl)sc2c1. The number of carbonyl (C=O) groups excluding carboxylic acids is 1. The second-order valence-electron chi connectivity index (χ2n) is 5.51. The van der Waals surface area contributed by atoms with Crippen LogP contribution >= 0.6 is 34.5 Å². The van der Waals surface area contributed by atoms with Crippen molar-refractivity contribution in [1.29, 1.82) is 0 Å². The number of amides is 1. The summed E-state index contributed by atoms with van der Waals surface area (Å²) in [5.41, 5.74) is 0.858. The van der Waals surface area contributed by atoms with E-state index in [0.717, 1.165) is 4.31 Å². The molecule has 3 rings (SSSR count). The molecule has 0 fully saturated rings. The summed E-state index contributed by atoms with van der Waals surface area (Å²) in [6.07, 6.45) is 0. The average molecular weight is 430 g/mol. The van der Waals surface area contributed by atoms with Crippen LogP contribution in [-0.4, -0.2) is 37.7 Å². The first kappa shape index (κ1) is 19.1. The Bertz CT molecular complexity index is 1110. The number of halogens is 2. The number of anilines is 1. The molecule has 0 atom stereocenters. The van der Waals surface area contributed by atoms with Crippen LogP contribution in [0.2, 0.25) is 10.0 Å². The van der Waals surface area contributed by atoms with Crippen molar-refractivity contribution in [2.45, 2.75) is 4.90 Å². The minimum absolute atomic E-state index is 0.164. The molecule has 10 heteroatoms. The van der Waals surface area contributed by atoms with E-state index in [0.29, 0.717) is 20.4 Å². The molecule has 0 aliphatic carbocycles. The topological polar surface area (TPSA) is 79.4 Å². The quantitative estimate of drug-likeness (QED) is 0.676. The van der Waals surface area contributed by atoms with Gasteiger partial charge in [-0.3, -0.25) is 10.1 Å². The van der Waals surface area contributed by atoms with Crippen LogP contribution in [0.4, 0.5) is 5.13 Å². The zero-order chi connectivity index (χ0) is 19.1. The lowest BCUT2D eigenvalue weighted by atomic mass is 10.2. The van der Waals surface area contributed by atoms with E-state index in [1.807, 2.05) is 0 Å². The number of hydrogen-bond acceptors (Lipinski definition) is 5. The standard InChI is InChI=1S/C16H13Cl2N3O3S2/c1-21(2)26(23,24)10-4-6-13-14(8-10)25-16(19-13)20-15(22)11-5-3-9(17)7-12(11)18/h3-8H,1-2H3,(H,19,20,22). The lowest BCUT2D eigenvalue weighted by Crippen LogP contribution is -2.22. The fourth-order valence-corrected chi connectivity index (χ4v) is 4.57. The van der Waals surface area contributed by atoms with E-state index in [9.17, 15) is 13.2 Å². The minimum atomic E-state index is -3.54. The van der Waals surface area contributed by atoms with Gasteiger partial charge in [-0.05, 0) is 36.4 Å². The van der Waals surface area contributed by atoms with Crippen molar-refractivity contribution in [3.8, 4) is 0 Å². The van der Waals surface area contributed by atoms with Crippen molar-refractivity contribution in [3.63, 3.8) is 0 Å². The zero-order valence-corrected chi connectivity index (χ0v) is 16.8. The van der Waals surface area contributed by atoms with Gasteiger partial charge in [0.1, 0.15) is 0 Å². The van der Waals surface area contributed by atoms with Gasteiger partial charge in [-0.15, -0.1) is 0 Å². The van der Waals surface area contributed by atoms with Crippen molar-refractivity contribution in [2.24, 2.45) is 0 Å². The summed E-state index contributed by atoms with van der Waals surface area (Å²) in [6, 6.07) is 9.20. The van der Waals surface area contributed by atoms with Crippen molar-refractivity contribution in [2.75, 3.05) is 19.4 Å². The predicted octanol–water partition coefficient (Wildman–Crippen LogP) is 4.11. The Morgan fingerprint density at radius 2 is 1.88 bits per heavy atom. The summed E-state index contributed by atoms with van der Waals surface area (Å²) in [7, 11) is -0.608. The van der Waals surface area contributed by atoms with Crippen LogP contribution in [0, 0.1) is 0 Å². The fraction of sp³-hybridized carbons (Fsp3) is 0.125. The highest BCUT2D eigenvalue weighted by molar-refractivity contribution is 7.89. The number of rotatable bonds is 4. The molecule has 3 aromatic rings. The van der Waals surface area contributed by atoms with Gasteiger partial charge in [-0.25, -0.2) is 17.7 Å². The van der Waals surface area contributed by atoms with E-state index < -0.39 is 15.9 Å². The van der Waals surface area contributed by atoms with Gasteiger partial charge in [-0.1, -0.05) is 34.5 Å². The largest absolute Gasteiger partial charge is 0.298 e. The van der Waals surface area contributed by atoms with Crippen molar-refractivity contribution >= 4 is 65.8 Å². The second-order valence-corrected chi connectivity index (χ2v) is 9.54. The van der Waals surface area contributed by atoms with E-state index in [4.69, 9.17) is 23.2 Å². The highest BCUT2D eigenvalue weighted by Crippen LogP contribution is 2.30. The number of hydrogen-bond donors (Lipinski definition) is 1. The molecule has 0 radical (unpaired) electrons. The summed E-state index contributed by atoms with van der Waals surface area (Å²) >= 11 is 13.0. The number of nitrogens with zero attached hydrogens (tertiary/aromatic N) is 2. The molecule has 0 spiro atoms. The van der Waals surface area contributed by atoms with E-state index in [1.54, 1.807) is 12.1 Å². The summed E-state index contributed by atoms with van der Waals surface area (Å²) < 4.78 is 26.2. The number of nitrogens with one attached hydrogen (secondary N) is 1. The molecular formula is C16H13Cl2N3O3S2. The third-order valence-electron chi connectivity index (χ3n) is 3.53. The van der Waals surface area contributed by atoms with Gasteiger partial charge in [0.15, 0.2) is 5.13 Å². The van der Waals surface area contributed by atoms with Crippen molar-refractivity contribution in [1.82, 2.24) is 9.29 Å². The van der Waals surface area contributed by atoms with Gasteiger partial charge >= 0.3 is 0 Å². The highest BCUT2D eigenvalue weighted by Gasteiger charge is 2.19. The fourth-order valence-electron chi connectivity index (χ4n) is 2.17. The van der Waals surface area contributed by atoms with Gasteiger partial charge in [0, 0.05) is 19.1 Å². The number of thiazole rings is 1. The molecule has 0 aliphatic heterocycles. The summed E-state index contributed by atoms with van der Waals surface area (Å²) in [4.78, 5) is 16.8. The third kappa shape index (κ3) is 3.70. The number of sulfonamides is 1. The van der Waals surface area contributed by atoms with E-state index in [-0.39, 0.29) is 15.5 Å². The molecule has 2 aromatic carbocycles. The molecule has 0 saturated carbocycles. The lowest BCUT2D eigenvalue weighted by molar-refractivity contribution is 0.102. The molecule has 0 unspecified atom stereocenters. The first-order valence-corrected chi connectivity index (χ1v) is 10.3. The van der Waals surface area contributed by atoms with Crippen LogP contribution in [0.3, 0.4) is 0 Å². The van der Waals surface area contributed by atoms with Gasteiger partial charge in [0.05, 0.1) is 25.7 Å². The Kier molecular flexibility index (Phi) is 5.23. The van der Waals surface area contributed by atoms with Crippen LogP contribution in [0.5, 0.6) is 0 Å². The van der Waals surface area contributed by atoms with Gasteiger partial charge in [0.25, 0.3) is 5.91 Å². The first-order chi connectivity index (χ1) is 12.2. The van der Waals surface area contributed by atoms with Gasteiger partial charge < -0.3 is 0 Å². The van der Waals surface area contributed by atoms with Gasteiger partial charge in [0.2, 0.25) is 10.0 Å². The molecule has 0 bridgehead atoms. The Morgan fingerprint density at radius 1 is 1.15 bits per heavy atom. The first-order valence-electron chi connectivity index (χ1n) is 7.28. The number of aromatic nitrogens is 1. The smallest absolute Gasteiger partial charge is 0.258 e. The Labute approximate surface area is 164 Å². The highest BCUT2D eigenvalue weighted by atomic mass is 35.5. The molecule has 26 heavy (non-hydrogen) atoms. The Morgan fingerprint density at radius 3 is 2.54 bits per heavy atom. The van der Waals surface area contributed by atoms with Crippen LogP contribution in [-0.2, 0) is 10.0 Å². The molecule has 0 aliphatic rings. The maximum absolute atomic E-state index is 12.4. The van der Waals surface area contributed by atoms with E-state index in [2.05, 4.69) is 10.3 Å². The summed E-state index contributed by atoms with van der Waals surface area (Å²) in [5, 5.41) is 3.68. The van der Waals surface area contributed by atoms with E-state index >= 15 is 0 Å². The average Bonchev–Trinajstić information content (AvgIpc) is 2.95. The maximum Gasteiger partial charge on any atom is 0.258 e. The normalized spacial score (nSPS) is 11.9. The van der Waals surface area contributed by atoms with Crippen LogP contribution < -0.4 is 5.32 Å².